The van der Waals surface area contributed by atoms with Crippen LogP contribution in [-0.4, -0.2) is 36.4 Å². The summed E-state index contributed by atoms with van der Waals surface area (Å²) in [6.07, 6.45) is 4.00. The summed E-state index contributed by atoms with van der Waals surface area (Å²) in [5.41, 5.74) is 0.963. The van der Waals surface area contributed by atoms with Crippen molar-refractivity contribution in [3.63, 3.8) is 0 Å². The minimum Gasteiger partial charge on any atom is -0.369 e. The topological polar surface area (TPSA) is 69.0 Å². The van der Waals surface area contributed by atoms with E-state index in [1.54, 1.807) is 19.0 Å². The lowest BCUT2D eigenvalue weighted by Gasteiger charge is -2.31. The molecule has 1 fully saturated rings. The Bertz CT molecular complexity index is 568. The molecule has 5 nitrogen and oxygen atoms in total. The smallest absolute Gasteiger partial charge is 0.230 e. The van der Waals surface area contributed by atoms with Gasteiger partial charge in [0.1, 0.15) is 17.6 Å². The number of hydrogen-bond acceptors (Lipinski definition) is 4. The van der Waals surface area contributed by atoms with E-state index in [4.69, 9.17) is 5.26 Å². The second-order valence-corrected chi connectivity index (χ2v) is 6.01. The lowest BCUT2D eigenvalue weighted by molar-refractivity contribution is -0.138. The molecule has 0 aliphatic heterocycles. The van der Waals surface area contributed by atoms with Crippen molar-refractivity contribution in [1.82, 2.24) is 9.88 Å². The molecule has 1 aromatic rings. The normalized spacial score (nSPS) is 16.3. The summed E-state index contributed by atoms with van der Waals surface area (Å²) in [6, 6.07) is 5.83. The van der Waals surface area contributed by atoms with Gasteiger partial charge in [0.15, 0.2) is 0 Å². The molecular formula is C16H22N4O. The first-order chi connectivity index (χ1) is 9.98. The van der Waals surface area contributed by atoms with Gasteiger partial charge >= 0.3 is 0 Å². The molecule has 0 aromatic carbocycles. The molecule has 0 saturated heterocycles. The number of nitrogens with one attached hydrogen (secondary N) is 1. The molecule has 1 amide bonds. The number of nitriles is 1. The van der Waals surface area contributed by atoms with Gasteiger partial charge in [-0.3, -0.25) is 4.79 Å². The number of amides is 1. The van der Waals surface area contributed by atoms with Crippen molar-refractivity contribution < 1.29 is 4.79 Å². The summed E-state index contributed by atoms with van der Waals surface area (Å²) in [4.78, 5) is 18.4. The number of rotatable bonds is 4. The molecule has 21 heavy (non-hydrogen) atoms. The van der Waals surface area contributed by atoms with Gasteiger partial charge in [0.05, 0.1) is 5.41 Å². The van der Waals surface area contributed by atoms with E-state index in [-0.39, 0.29) is 11.3 Å². The number of carbonyl (C=O) groups excluding carboxylic acids is 1. The van der Waals surface area contributed by atoms with E-state index in [1.165, 1.54) is 0 Å². The maximum absolute atomic E-state index is 12.5. The molecule has 0 bridgehead atoms. The van der Waals surface area contributed by atoms with Crippen LogP contribution in [-0.2, 0) is 4.79 Å². The first-order valence-corrected chi connectivity index (χ1v) is 7.32. The number of carbonyl (C=O) groups is 1. The monoisotopic (exact) mass is 286 g/mol. The molecule has 112 valence electrons. The highest BCUT2D eigenvalue weighted by atomic mass is 16.2. The SMILES string of the molecule is Cc1ccc(NCC2(C(=O)N(C)C)CCCC2)nc1C#N. The third kappa shape index (κ3) is 3.15. The highest BCUT2D eigenvalue weighted by Gasteiger charge is 2.41. The number of aryl methyl sites for hydroxylation is 1. The van der Waals surface area contributed by atoms with E-state index in [1.807, 2.05) is 19.1 Å². The van der Waals surface area contributed by atoms with Crippen LogP contribution in [0.15, 0.2) is 12.1 Å². The lowest BCUT2D eigenvalue weighted by atomic mass is 9.84. The first-order valence-electron chi connectivity index (χ1n) is 7.32. The molecular weight excluding hydrogens is 264 g/mol. The molecule has 0 unspecified atom stereocenters. The van der Waals surface area contributed by atoms with Crippen LogP contribution in [0, 0.1) is 23.7 Å². The molecule has 1 aromatic heterocycles. The Morgan fingerprint density at radius 3 is 2.67 bits per heavy atom. The van der Waals surface area contributed by atoms with Crippen molar-refractivity contribution in [1.29, 1.82) is 5.26 Å². The van der Waals surface area contributed by atoms with E-state index in [9.17, 15) is 4.79 Å². The van der Waals surface area contributed by atoms with Crippen LogP contribution >= 0.6 is 0 Å². The van der Waals surface area contributed by atoms with Crippen molar-refractivity contribution in [2.75, 3.05) is 26.0 Å². The molecule has 1 aliphatic rings. The van der Waals surface area contributed by atoms with Crippen molar-refractivity contribution in [3.05, 3.63) is 23.4 Å². The summed E-state index contributed by atoms with van der Waals surface area (Å²) in [6.45, 7) is 2.44. The number of anilines is 1. The molecule has 5 heteroatoms. The van der Waals surface area contributed by atoms with E-state index < -0.39 is 0 Å². The van der Waals surface area contributed by atoms with E-state index >= 15 is 0 Å². The molecule has 0 spiro atoms. The summed E-state index contributed by atoms with van der Waals surface area (Å²) < 4.78 is 0. The molecule has 0 radical (unpaired) electrons. The maximum atomic E-state index is 12.5. The zero-order chi connectivity index (χ0) is 15.5. The largest absolute Gasteiger partial charge is 0.369 e. The minimum absolute atomic E-state index is 0.181. The number of hydrogen-bond donors (Lipinski definition) is 1. The van der Waals surface area contributed by atoms with Gasteiger partial charge in [0.25, 0.3) is 0 Å². The summed E-state index contributed by atoms with van der Waals surface area (Å²) in [7, 11) is 3.61. The highest BCUT2D eigenvalue weighted by Crippen LogP contribution is 2.39. The van der Waals surface area contributed by atoms with E-state index in [2.05, 4.69) is 16.4 Å². The van der Waals surface area contributed by atoms with E-state index in [0.29, 0.717) is 18.1 Å². The van der Waals surface area contributed by atoms with Gasteiger partial charge in [0, 0.05) is 20.6 Å². The van der Waals surface area contributed by atoms with E-state index in [0.717, 1.165) is 31.2 Å². The maximum Gasteiger partial charge on any atom is 0.230 e. The fourth-order valence-corrected chi connectivity index (χ4v) is 2.99. The summed E-state index contributed by atoms with van der Waals surface area (Å²) >= 11 is 0. The Morgan fingerprint density at radius 2 is 2.10 bits per heavy atom. The van der Waals surface area contributed by atoms with Crippen molar-refractivity contribution in [2.45, 2.75) is 32.6 Å². The zero-order valence-corrected chi connectivity index (χ0v) is 12.9. The quantitative estimate of drug-likeness (QED) is 0.922. The van der Waals surface area contributed by atoms with Crippen molar-refractivity contribution in [3.8, 4) is 6.07 Å². The molecule has 1 heterocycles. The number of aromatic nitrogens is 1. The Morgan fingerprint density at radius 1 is 1.43 bits per heavy atom. The third-order valence-electron chi connectivity index (χ3n) is 4.23. The number of nitrogens with zero attached hydrogens (tertiary/aromatic N) is 3. The molecule has 2 rings (SSSR count). The van der Waals surface area contributed by atoms with Crippen molar-refractivity contribution in [2.24, 2.45) is 5.41 Å². The summed E-state index contributed by atoms with van der Waals surface area (Å²) in [5, 5.41) is 12.3. The minimum atomic E-state index is -0.330. The number of pyridine rings is 1. The van der Waals surface area contributed by atoms with Crippen LogP contribution in [0.4, 0.5) is 5.82 Å². The van der Waals surface area contributed by atoms with Gasteiger partial charge in [-0.1, -0.05) is 18.9 Å². The molecule has 1 N–H and O–H groups in total. The Labute approximate surface area is 126 Å². The average Bonchev–Trinajstić information content (AvgIpc) is 2.95. The van der Waals surface area contributed by atoms with Crippen LogP contribution in [0.1, 0.15) is 36.9 Å². The Hall–Kier alpha value is -2.09. The first kappa shape index (κ1) is 15.3. The standard InChI is InChI=1S/C16H22N4O/c1-12-6-7-14(19-13(12)10-17)18-11-16(8-4-5-9-16)15(21)20(2)3/h6-7H,4-5,8-9,11H2,1-3H3,(H,18,19). The van der Waals surface area contributed by atoms with Gasteiger partial charge in [-0.25, -0.2) is 4.98 Å². The van der Waals surface area contributed by atoms with Crippen LogP contribution in [0.25, 0.3) is 0 Å². The van der Waals surface area contributed by atoms with Crippen LogP contribution in [0.2, 0.25) is 0 Å². The van der Waals surface area contributed by atoms with Gasteiger partial charge in [-0.15, -0.1) is 0 Å². The Balaban J connectivity index is 2.13. The molecule has 1 saturated carbocycles. The fourth-order valence-electron chi connectivity index (χ4n) is 2.99. The highest BCUT2D eigenvalue weighted by molar-refractivity contribution is 5.83. The Kier molecular flexibility index (Phi) is 4.46. The second kappa shape index (κ2) is 6.13. The average molecular weight is 286 g/mol. The molecule has 1 aliphatic carbocycles. The van der Waals surface area contributed by atoms with Crippen LogP contribution in [0.5, 0.6) is 0 Å². The van der Waals surface area contributed by atoms with Crippen LogP contribution < -0.4 is 5.32 Å². The fraction of sp³-hybridized carbons (Fsp3) is 0.562. The lowest BCUT2D eigenvalue weighted by Crippen LogP contribution is -2.43. The predicted octanol–water partition coefficient (Wildman–Crippen LogP) is 2.32. The third-order valence-corrected chi connectivity index (χ3v) is 4.23. The zero-order valence-electron chi connectivity index (χ0n) is 12.9. The second-order valence-electron chi connectivity index (χ2n) is 6.01. The molecule has 0 atom stereocenters. The van der Waals surface area contributed by atoms with Gasteiger partial charge in [0.2, 0.25) is 5.91 Å². The van der Waals surface area contributed by atoms with Crippen LogP contribution in [0.3, 0.4) is 0 Å². The van der Waals surface area contributed by atoms with Gasteiger partial charge in [-0.05, 0) is 31.4 Å². The van der Waals surface area contributed by atoms with Gasteiger partial charge in [-0.2, -0.15) is 5.26 Å². The van der Waals surface area contributed by atoms with Gasteiger partial charge < -0.3 is 10.2 Å². The summed E-state index contributed by atoms with van der Waals surface area (Å²) in [5.74, 6) is 0.843. The van der Waals surface area contributed by atoms with Crippen molar-refractivity contribution >= 4 is 11.7 Å². The predicted molar refractivity (Wildman–Crippen MR) is 81.8 cm³/mol.